The molecule has 3 aromatic rings. The Balaban J connectivity index is 1.85. The molecule has 0 saturated carbocycles. The summed E-state index contributed by atoms with van der Waals surface area (Å²) in [6.07, 6.45) is 2.78. The first-order valence-electron chi connectivity index (χ1n) is 9.01. The van der Waals surface area contributed by atoms with Crippen molar-refractivity contribution >= 4 is 22.6 Å². The average Bonchev–Trinajstić information content (AvgIpc) is 3.14. The van der Waals surface area contributed by atoms with E-state index in [0.717, 1.165) is 39.5 Å². The summed E-state index contributed by atoms with van der Waals surface area (Å²) in [5.74, 6) is 0. The molecule has 0 aliphatic heterocycles. The van der Waals surface area contributed by atoms with Crippen LogP contribution in [0.15, 0.2) is 48.0 Å². The fraction of sp³-hybridized carbons (Fsp3) is 0.217. The van der Waals surface area contributed by atoms with E-state index in [-0.39, 0.29) is 0 Å². The quantitative estimate of drug-likeness (QED) is 0.536. The van der Waals surface area contributed by atoms with Gasteiger partial charge in [-0.15, -0.1) is 11.3 Å². The first-order chi connectivity index (χ1) is 13.0. The van der Waals surface area contributed by atoms with Gasteiger partial charge in [0, 0.05) is 22.8 Å². The Hall–Kier alpha value is -2.90. The van der Waals surface area contributed by atoms with Gasteiger partial charge in [0.1, 0.15) is 16.6 Å². The van der Waals surface area contributed by atoms with Gasteiger partial charge in [-0.3, -0.25) is 0 Å². The number of nitrogens with zero attached hydrogens (tertiary/aromatic N) is 2. The molecule has 136 valence electrons. The maximum absolute atomic E-state index is 9.60. The number of nitrogens with one attached hydrogen (secondary N) is 1. The zero-order chi connectivity index (χ0) is 19.4. The zero-order valence-corrected chi connectivity index (χ0v) is 16.9. The van der Waals surface area contributed by atoms with Crippen LogP contribution in [0.3, 0.4) is 0 Å². The Morgan fingerprint density at radius 3 is 2.41 bits per heavy atom. The number of thiazole rings is 1. The molecule has 1 aromatic heterocycles. The molecule has 0 bridgehead atoms. The molecule has 0 aliphatic rings. The number of aryl methyl sites for hydroxylation is 4. The predicted molar refractivity (Wildman–Crippen MR) is 115 cm³/mol. The molecule has 1 N–H and O–H groups in total. The van der Waals surface area contributed by atoms with Crippen LogP contribution in [0.25, 0.3) is 16.8 Å². The van der Waals surface area contributed by atoms with E-state index in [1.165, 1.54) is 22.5 Å². The monoisotopic (exact) mass is 373 g/mol. The van der Waals surface area contributed by atoms with Crippen LogP contribution < -0.4 is 5.32 Å². The molecule has 0 aliphatic carbocycles. The highest BCUT2D eigenvalue weighted by Gasteiger charge is 2.10. The third-order valence-electron chi connectivity index (χ3n) is 4.55. The number of hydrogen-bond donors (Lipinski definition) is 1. The number of hydrogen-bond acceptors (Lipinski definition) is 4. The third-order valence-corrected chi connectivity index (χ3v) is 5.43. The molecule has 27 heavy (non-hydrogen) atoms. The molecule has 2 aromatic carbocycles. The van der Waals surface area contributed by atoms with E-state index in [1.807, 2.05) is 5.38 Å². The lowest BCUT2D eigenvalue weighted by Crippen LogP contribution is -1.97. The van der Waals surface area contributed by atoms with Crippen LogP contribution in [0.4, 0.5) is 5.69 Å². The molecule has 0 fully saturated rings. The minimum atomic E-state index is 0.538. The second kappa shape index (κ2) is 8.20. The molecule has 3 nitrogen and oxygen atoms in total. The van der Waals surface area contributed by atoms with Crippen molar-refractivity contribution in [2.75, 3.05) is 5.32 Å². The largest absolute Gasteiger partial charge is 0.360 e. The number of nitriles is 1. The molecular weight excluding hydrogens is 350 g/mol. The highest BCUT2D eigenvalue weighted by molar-refractivity contribution is 7.11. The summed E-state index contributed by atoms with van der Waals surface area (Å²) in [6, 6.07) is 15.0. The third kappa shape index (κ3) is 4.27. The van der Waals surface area contributed by atoms with Gasteiger partial charge in [0.15, 0.2) is 0 Å². The van der Waals surface area contributed by atoms with Crippen molar-refractivity contribution in [3.8, 4) is 17.3 Å². The smallest absolute Gasteiger partial charge is 0.136 e. The topological polar surface area (TPSA) is 48.7 Å². The summed E-state index contributed by atoms with van der Waals surface area (Å²) in [7, 11) is 0. The lowest BCUT2D eigenvalue weighted by molar-refractivity contribution is 1.14. The van der Waals surface area contributed by atoms with Gasteiger partial charge in [-0.25, -0.2) is 4.98 Å². The fourth-order valence-electron chi connectivity index (χ4n) is 3.14. The van der Waals surface area contributed by atoms with Gasteiger partial charge >= 0.3 is 0 Å². The Morgan fingerprint density at radius 2 is 1.81 bits per heavy atom. The first-order valence-corrected chi connectivity index (χ1v) is 9.89. The second-order valence-electron chi connectivity index (χ2n) is 6.68. The number of anilines is 1. The lowest BCUT2D eigenvalue weighted by atomic mass is 10.1. The molecule has 0 atom stereocenters. The van der Waals surface area contributed by atoms with Crippen LogP contribution in [0.2, 0.25) is 0 Å². The van der Waals surface area contributed by atoms with Crippen molar-refractivity contribution in [1.29, 1.82) is 5.26 Å². The van der Waals surface area contributed by atoms with Crippen LogP contribution in [0.1, 0.15) is 34.2 Å². The Bertz CT molecular complexity index is 998. The molecule has 4 heteroatoms. The van der Waals surface area contributed by atoms with E-state index in [0.29, 0.717) is 5.57 Å². The zero-order valence-electron chi connectivity index (χ0n) is 16.1. The molecule has 0 radical (unpaired) electrons. The van der Waals surface area contributed by atoms with E-state index in [9.17, 15) is 5.26 Å². The maximum Gasteiger partial charge on any atom is 0.136 e. The van der Waals surface area contributed by atoms with Crippen molar-refractivity contribution in [3.63, 3.8) is 0 Å². The minimum Gasteiger partial charge on any atom is -0.360 e. The van der Waals surface area contributed by atoms with Crippen LogP contribution >= 0.6 is 11.3 Å². The van der Waals surface area contributed by atoms with Crippen molar-refractivity contribution in [3.05, 3.63) is 75.2 Å². The lowest BCUT2D eigenvalue weighted by Gasteiger charge is -2.11. The SMILES string of the molecule is CCc1ccc(-c2csc(C(C#N)=CNc3c(C)cc(C)cc3C)n2)cc1. The standard InChI is InChI=1S/C23H23N3S/c1-5-18-6-8-19(9-7-18)21-14-27-23(26-21)20(12-24)13-25-22-16(3)10-15(2)11-17(22)4/h6-11,13-14,25H,5H2,1-4H3. The van der Waals surface area contributed by atoms with E-state index in [1.54, 1.807) is 6.20 Å². The molecule has 0 unspecified atom stereocenters. The number of rotatable bonds is 5. The van der Waals surface area contributed by atoms with E-state index >= 15 is 0 Å². The van der Waals surface area contributed by atoms with Gasteiger partial charge in [0.25, 0.3) is 0 Å². The highest BCUT2D eigenvalue weighted by atomic mass is 32.1. The van der Waals surface area contributed by atoms with Crippen molar-refractivity contribution in [2.24, 2.45) is 0 Å². The highest BCUT2D eigenvalue weighted by Crippen LogP contribution is 2.27. The second-order valence-corrected chi connectivity index (χ2v) is 7.53. The predicted octanol–water partition coefficient (Wildman–Crippen LogP) is 6.27. The Kier molecular flexibility index (Phi) is 5.73. The molecule has 3 rings (SSSR count). The van der Waals surface area contributed by atoms with Gasteiger partial charge < -0.3 is 5.32 Å². The normalized spacial score (nSPS) is 11.3. The molecule has 0 saturated heterocycles. The van der Waals surface area contributed by atoms with Gasteiger partial charge in [0.2, 0.25) is 0 Å². The summed E-state index contributed by atoms with van der Waals surface area (Å²) in [5, 5.41) is 15.6. The van der Waals surface area contributed by atoms with Crippen molar-refractivity contribution in [1.82, 2.24) is 4.98 Å². The van der Waals surface area contributed by atoms with Crippen LogP contribution in [-0.2, 0) is 6.42 Å². The molecular formula is C23H23N3S. The summed E-state index contributed by atoms with van der Waals surface area (Å²) < 4.78 is 0. The van der Waals surface area contributed by atoms with Gasteiger partial charge in [-0.1, -0.05) is 48.9 Å². The van der Waals surface area contributed by atoms with Gasteiger partial charge in [0.05, 0.1) is 5.69 Å². The number of allylic oxidation sites excluding steroid dienone is 1. The maximum atomic E-state index is 9.60. The fourth-order valence-corrected chi connectivity index (χ4v) is 3.93. The van der Waals surface area contributed by atoms with E-state index < -0.39 is 0 Å². The minimum absolute atomic E-state index is 0.538. The summed E-state index contributed by atoms with van der Waals surface area (Å²) >= 11 is 1.49. The summed E-state index contributed by atoms with van der Waals surface area (Å²) in [6.45, 7) is 8.38. The van der Waals surface area contributed by atoms with E-state index in [2.05, 4.69) is 80.5 Å². The summed E-state index contributed by atoms with van der Waals surface area (Å²) in [5.41, 5.74) is 8.43. The molecule has 1 heterocycles. The van der Waals surface area contributed by atoms with Gasteiger partial charge in [-0.2, -0.15) is 5.26 Å². The van der Waals surface area contributed by atoms with Crippen molar-refractivity contribution in [2.45, 2.75) is 34.1 Å². The van der Waals surface area contributed by atoms with Gasteiger partial charge in [-0.05, 0) is 43.9 Å². The summed E-state index contributed by atoms with van der Waals surface area (Å²) in [4.78, 5) is 4.67. The average molecular weight is 374 g/mol. The first kappa shape index (κ1) is 18.9. The van der Waals surface area contributed by atoms with Crippen LogP contribution in [0.5, 0.6) is 0 Å². The van der Waals surface area contributed by atoms with Crippen LogP contribution in [-0.4, -0.2) is 4.98 Å². The molecule has 0 spiro atoms. The van der Waals surface area contributed by atoms with Crippen LogP contribution in [0, 0.1) is 32.1 Å². The van der Waals surface area contributed by atoms with Crippen molar-refractivity contribution < 1.29 is 0 Å². The van der Waals surface area contributed by atoms with E-state index in [4.69, 9.17) is 0 Å². The number of benzene rings is 2. The molecule has 0 amide bonds. The number of aromatic nitrogens is 1. The Labute approximate surface area is 165 Å². The Morgan fingerprint density at radius 1 is 1.15 bits per heavy atom.